The summed E-state index contributed by atoms with van der Waals surface area (Å²) in [7, 11) is 0. The van der Waals surface area contributed by atoms with Crippen molar-refractivity contribution in [2.75, 3.05) is 0 Å². The molecule has 6 heteroatoms. The number of benzene rings is 8. The van der Waals surface area contributed by atoms with Crippen molar-refractivity contribution in [1.82, 2.24) is 29.9 Å². The van der Waals surface area contributed by atoms with E-state index in [1.54, 1.807) is 0 Å². The first-order valence-corrected chi connectivity index (χ1v) is 26.1. The molecule has 8 aromatic carbocycles. The lowest BCUT2D eigenvalue weighted by molar-refractivity contribution is 1.12. The molecule has 5 aromatic heterocycles. The highest BCUT2D eigenvalue weighted by molar-refractivity contribution is 6.02. The fourth-order valence-electron chi connectivity index (χ4n) is 10.5. The molecule has 0 unspecified atom stereocenters. The molecule has 0 aliphatic carbocycles. The minimum atomic E-state index is 0.671. The van der Waals surface area contributed by atoms with Gasteiger partial charge in [0.25, 0.3) is 0 Å². The smallest absolute Gasteiger partial charge is 0.0894 e. The van der Waals surface area contributed by atoms with Gasteiger partial charge in [-0.3, -0.25) is 19.9 Å². The van der Waals surface area contributed by atoms with E-state index in [1.165, 1.54) is 0 Å². The second-order valence-corrected chi connectivity index (χ2v) is 19.0. The van der Waals surface area contributed by atoms with Crippen LogP contribution in [0, 0.1) is 0 Å². The van der Waals surface area contributed by atoms with Gasteiger partial charge in [0.15, 0.2) is 0 Å². The van der Waals surface area contributed by atoms with Crippen LogP contribution in [0.15, 0.2) is 243 Å². The average molecular weight is 997 g/mol. The maximum Gasteiger partial charge on any atom is 0.0894 e. The van der Waals surface area contributed by atoms with Gasteiger partial charge in [0.2, 0.25) is 0 Å². The lowest BCUT2D eigenvalue weighted by Crippen LogP contribution is -2.00. The molecule has 78 heavy (non-hydrogen) atoms. The second-order valence-electron chi connectivity index (χ2n) is 19.0. The fourth-order valence-corrected chi connectivity index (χ4v) is 10.5. The van der Waals surface area contributed by atoms with E-state index in [2.05, 4.69) is 243 Å². The van der Waals surface area contributed by atoms with Crippen molar-refractivity contribution in [3.05, 3.63) is 288 Å². The van der Waals surface area contributed by atoms with Crippen LogP contribution in [0.3, 0.4) is 0 Å². The predicted molar refractivity (Wildman–Crippen MR) is 326 cm³/mol. The Kier molecular flexibility index (Phi) is 12.9. The summed E-state index contributed by atoms with van der Waals surface area (Å²) in [6.45, 7) is 0. The Morgan fingerprint density at radius 3 is 0.692 bits per heavy atom. The Hall–Kier alpha value is -10.6. The van der Waals surface area contributed by atoms with Gasteiger partial charge in [-0.05, 0) is 91.7 Å². The van der Waals surface area contributed by atoms with E-state index >= 15 is 0 Å². The van der Waals surface area contributed by atoms with Crippen molar-refractivity contribution in [1.29, 1.82) is 0 Å². The van der Waals surface area contributed by atoms with Gasteiger partial charge in [-0.1, -0.05) is 218 Å². The number of hydrogen-bond acceptors (Lipinski definition) is 6. The summed E-state index contributed by atoms with van der Waals surface area (Å²) in [5.74, 6) is 0. The molecule has 0 saturated carbocycles. The molecule has 0 spiro atoms. The van der Waals surface area contributed by atoms with E-state index in [4.69, 9.17) is 29.9 Å². The average Bonchev–Trinajstić information content (AvgIpc) is 3.52. The lowest BCUT2D eigenvalue weighted by atomic mass is 9.98. The third-order valence-electron chi connectivity index (χ3n) is 14.2. The molecule has 5 heterocycles. The Bertz CT molecular complexity index is 3930. The molecule has 0 N–H and O–H groups in total. The molecule has 0 radical (unpaired) electrons. The summed E-state index contributed by atoms with van der Waals surface area (Å²) in [4.78, 5) is 31.0. The van der Waals surface area contributed by atoms with Gasteiger partial charge >= 0.3 is 0 Å². The Morgan fingerprint density at radius 2 is 0.436 bits per heavy atom. The standard InChI is InChI=1S/C72H48N6/c1-5-29-57-49(17-1)21-9-33-61(57)69-53(25-13-45-73-69)37-41-65-66(42-38-54-26-14-46-74-70(54)62-34-10-22-50-18-2-6-30-58(50)62)78-68(44-40-56-28-16-48-76-72(56)64-36-12-24-52-20-4-8-32-60(52)64)67(77-65)43-39-55-27-15-47-75-71(55)63-35-11-23-51-19-3-7-31-59(51)63/h1-48H. The number of aromatic nitrogens is 6. The third-order valence-corrected chi connectivity index (χ3v) is 14.2. The molecule has 0 fully saturated rings. The Labute approximate surface area is 452 Å². The van der Waals surface area contributed by atoms with E-state index in [-0.39, 0.29) is 0 Å². The van der Waals surface area contributed by atoms with E-state index in [0.29, 0.717) is 22.8 Å². The summed E-state index contributed by atoms with van der Waals surface area (Å²) in [5.41, 5.74) is 14.2. The number of rotatable bonds is 12. The number of pyridine rings is 4. The van der Waals surface area contributed by atoms with E-state index in [0.717, 1.165) is 110 Å². The van der Waals surface area contributed by atoms with Crippen LogP contribution in [-0.4, -0.2) is 29.9 Å². The first kappa shape index (κ1) is 47.2. The summed E-state index contributed by atoms with van der Waals surface area (Å²) in [5, 5.41) is 9.15. The van der Waals surface area contributed by atoms with Gasteiger partial charge in [-0.2, -0.15) is 0 Å². The Balaban J connectivity index is 1.000. The highest BCUT2D eigenvalue weighted by Gasteiger charge is 2.16. The van der Waals surface area contributed by atoms with Crippen LogP contribution in [0.4, 0.5) is 0 Å². The largest absolute Gasteiger partial charge is 0.256 e. The van der Waals surface area contributed by atoms with Gasteiger partial charge in [-0.15, -0.1) is 0 Å². The molecule has 13 rings (SSSR count). The SMILES string of the molecule is C(=Cc1nc(C=Cc2cccnc2-c2cccc3ccccc23)c(C=Cc2cccnc2-c2cccc3ccccc23)nc1C=Cc1cccnc1-c1cccc2ccccc12)c1cccnc1-c1cccc2ccccc12. The maximum atomic E-state index is 5.56. The highest BCUT2D eigenvalue weighted by atomic mass is 14.8. The molecule has 0 aliphatic heterocycles. The predicted octanol–water partition coefficient (Wildman–Crippen LogP) is 18.0. The zero-order valence-electron chi connectivity index (χ0n) is 42.4. The van der Waals surface area contributed by atoms with Crippen LogP contribution in [-0.2, 0) is 0 Å². The molecule has 366 valence electrons. The number of nitrogens with zero attached hydrogens (tertiary/aromatic N) is 6. The maximum absolute atomic E-state index is 5.56. The Morgan fingerprint density at radius 1 is 0.205 bits per heavy atom. The molecule has 0 bridgehead atoms. The third kappa shape index (κ3) is 9.47. The number of hydrogen-bond donors (Lipinski definition) is 0. The van der Waals surface area contributed by atoms with Crippen LogP contribution < -0.4 is 0 Å². The first-order valence-electron chi connectivity index (χ1n) is 26.1. The molecule has 0 atom stereocenters. The zero-order valence-corrected chi connectivity index (χ0v) is 42.4. The van der Waals surface area contributed by atoms with Gasteiger partial charge in [0.1, 0.15) is 0 Å². The topological polar surface area (TPSA) is 77.3 Å². The molecule has 0 saturated heterocycles. The molecule has 6 nitrogen and oxygen atoms in total. The fraction of sp³-hybridized carbons (Fsp3) is 0. The summed E-state index contributed by atoms with van der Waals surface area (Å²) >= 11 is 0. The van der Waals surface area contributed by atoms with Crippen molar-refractivity contribution in [3.63, 3.8) is 0 Å². The van der Waals surface area contributed by atoms with Crippen molar-refractivity contribution < 1.29 is 0 Å². The normalized spacial score (nSPS) is 11.9. The van der Waals surface area contributed by atoms with Crippen LogP contribution in [0.5, 0.6) is 0 Å². The monoisotopic (exact) mass is 996 g/mol. The minimum Gasteiger partial charge on any atom is -0.256 e. The minimum absolute atomic E-state index is 0.671. The summed E-state index contributed by atoms with van der Waals surface area (Å²) < 4.78 is 0. The van der Waals surface area contributed by atoms with Crippen molar-refractivity contribution in [2.45, 2.75) is 0 Å². The second kappa shape index (κ2) is 21.4. The van der Waals surface area contributed by atoms with E-state index in [1.807, 2.05) is 49.1 Å². The summed E-state index contributed by atoms with van der Waals surface area (Å²) in [6.07, 6.45) is 24.1. The zero-order chi connectivity index (χ0) is 52.0. The van der Waals surface area contributed by atoms with Gasteiger partial charge in [0, 0.05) is 69.3 Å². The van der Waals surface area contributed by atoms with Gasteiger partial charge in [-0.25, -0.2) is 9.97 Å². The van der Waals surface area contributed by atoms with Crippen LogP contribution in [0.1, 0.15) is 45.0 Å². The van der Waals surface area contributed by atoms with Crippen molar-refractivity contribution in [2.24, 2.45) is 0 Å². The van der Waals surface area contributed by atoms with Crippen LogP contribution >= 0.6 is 0 Å². The molecule has 0 aliphatic rings. The summed E-state index contributed by atoms with van der Waals surface area (Å²) in [6, 6.07) is 75.6. The number of fused-ring (bicyclic) bond motifs is 4. The van der Waals surface area contributed by atoms with Crippen molar-refractivity contribution >= 4 is 91.7 Å². The molecule has 13 aromatic rings. The van der Waals surface area contributed by atoms with Gasteiger partial charge < -0.3 is 0 Å². The van der Waals surface area contributed by atoms with Crippen LogP contribution in [0.2, 0.25) is 0 Å². The van der Waals surface area contributed by atoms with Crippen LogP contribution in [0.25, 0.3) is 137 Å². The molecular weight excluding hydrogens is 949 g/mol. The lowest BCUT2D eigenvalue weighted by Gasteiger charge is -2.11. The quantitative estimate of drug-likeness (QED) is 0.121. The molecular formula is C72H48N6. The van der Waals surface area contributed by atoms with E-state index in [9.17, 15) is 0 Å². The van der Waals surface area contributed by atoms with Gasteiger partial charge in [0.05, 0.1) is 45.6 Å². The first-order chi connectivity index (χ1) is 38.7. The van der Waals surface area contributed by atoms with Crippen molar-refractivity contribution in [3.8, 4) is 45.0 Å². The molecule has 0 amide bonds. The van der Waals surface area contributed by atoms with E-state index < -0.39 is 0 Å². The highest BCUT2D eigenvalue weighted by Crippen LogP contribution is 2.35.